The van der Waals surface area contributed by atoms with E-state index in [4.69, 9.17) is 0 Å². The number of imidazole rings is 1. The van der Waals surface area contributed by atoms with Gasteiger partial charge in [-0.15, -0.1) is 0 Å². The number of aromatic nitrogens is 4. The van der Waals surface area contributed by atoms with Gasteiger partial charge < -0.3 is 9.88 Å². The smallest absolute Gasteiger partial charge is 0.0948 e. The zero-order valence-electron chi connectivity index (χ0n) is 11.1. The van der Waals surface area contributed by atoms with Crippen molar-refractivity contribution in [1.29, 1.82) is 0 Å². The first-order valence-corrected chi connectivity index (χ1v) is 6.48. The second-order valence-corrected chi connectivity index (χ2v) is 4.49. The molecule has 0 unspecified atom stereocenters. The molecule has 1 N–H and O–H groups in total. The fourth-order valence-electron chi connectivity index (χ4n) is 1.97. The third kappa shape index (κ3) is 3.43. The Morgan fingerprint density at radius 1 is 1.39 bits per heavy atom. The highest BCUT2D eigenvalue weighted by atomic mass is 15.2. The predicted molar refractivity (Wildman–Crippen MR) is 71.1 cm³/mol. The molecule has 0 aliphatic carbocycles. The van der Waals surface area contributed by atoms with Crippen LogP contribution < -0.4 is 5.32 Å². The van der Waals surface area contributed by atoms with Gasteiger partial charge in [0.15, 0.2) is 0 Å². The molecular formula is C13H21N5. The lowest BCUT2D eigenvalue weighted by atomic mass is 10.3. The van der Waals surface area contributed by atoms with Crippen molar-refractivity contribution in [1.82, 2.24) is 24.6 Å². The van der Waals surface area contributed by atoms with Crippen LogP contribution in [0.4, 0.5) is 0 Å². The van der Waals surface area contributed by atoms with Crippen molar-refractivity contribution >= 4 is 0 Å². The Hall–Kier alpha value is -1.62. The van der Waals surface area contributed by atoms with E-state index in [1.807, 2.05) is 30.5 Å². The largest absolute Gasteiger partial charge is 0.333 e. The van der Waals surface area contributed by atoms with E-state index < -0.39 is 0 Å². The Balaban J connectivity index is 1.73. The van der Waals surface area contributed by atoms with E-state index in [0.717, 1.165) is 38.2 Å². The standard InChI is InChI=1S/C13H21N5/c1-3-7-18-11-15-10-13(18)9-14-6-4-12-5-8-17(2)16-12/h5,8,10-11,14H,3-4,6-7,9H2,1-2H3. The van der Waals surface area contributed by atoms with E-state index in [-0.39, 0.29) is 0 Å². The number of hydrogen-bond donors (Lipinski definition) is 1. The summed E-state index contributed by atoms with van der Waals surface area (Å²) in [6.07, 6.45) is 7.91. The minimum Gasteiger partial charge on any atom is -0.333 e. The summed E-state index contributed by atoms with van der Waals surface area (Å²) in [5, 5.41) is 7.79. The Kier molecular flexibility index (Phi) is 4.52. The fraction of sp³-hybridized carbons (Fsp3) is 0.538. The number of rotatable bonds is 7. The van der Waals surface area contributed by atoms with E-state index in [1.54, 1.807) is 0 Å². The highest BCUT2D eigenvalue weighted by molar-refractivity contribution is 5.00. The second-order valence-electron chi connectivity index (χ2n) is 4.49. The average Bonchev–Trinajstić information content (AvgIpc) is 2.95. The predicted octanol–water partition coefficient (Wildman–Crippen LogP) is 1.36. The maximum Gasteiger partial charge on any atom is 0.0948 e. The van der Waals surface area contributed by atoms with Crippen molar-refractivity contribution in [3.05, 3.63) is 36.2 Å². The summed E-state index contributed by atoms with van der Waals surface area (Å²) in [6, 6.07) is 2.06. The Bertz CT molecular complexity index is 471. The van der Waals surface area contributed by atoms with Crippen LogP contribution in [0, 0.1) is 0 Å². The second kappa shape index (κ2) is 6.35. The summed E-state index contributed by atoms with van der Waals surface area (Å²) in [6.45, 7) is 5.02. The van der Waals surface area contributed by atoms with E-state index >= 15 is 0 Å². The van der Waals surface area contributed by atoms with E-state index in [0.29, 0.717) is 0 Å². The van der Waals surface area contributed by atoms with Gasteiger partial charge in [0.1, 0.15) is 0 Å². The van der Waals surface area contributed by atoms with Crippen LogP contribution in [-0.4, -0.2) is 25.9 Å². The van der Waals surface area contributed by atoms with Crippen molar-refractivity contribution in [2.45, 2.75) is 32.9 Å². The highest BCUT2D eigenvalue weighted by Gasteiger charge is 2.01. The summed E-state index contributed by atoms with van der Waals surface area (Å²) in [5.41, 5.74) is 2.38. The third-order valence-electron chi connectivity index (χ3n) is 2.90. The van der Waals surface area contributed by atoms with Crippen LogP contribution in [0.1, 0.15) is 24.7 Å². The lowest BCUT2D eigenvalue weighted by molar-refractivity contribution is 0.598. The molecule has 0 saturated heterocycles. The molecule has 0 aromatic carbocycles. The first-order valence-electron chi connectivity index (χ1n) is 6.48. The molecule has 0 fully saturated rings. The zero-order valence-corrected chi connectivity index (χ0v) is 11.1. The van der Waals surface area contributed by atoms with E-state index in [9.17, 15) is 0 Å². The van der Waals surface area contributed by atoms with Crippen LogP contribution in [0.15, 0.2) is 24.8 Å². The van der Waals surface area contributed by atoms with Gasteiger partial charge in [0, 0.05) is 45.5 Å². The van der Waals surface area contributed by atoms with Crippen LogP contribution in [0.2, 0.25) is 0 Å². The maximum atomic E-state index is 4.35. The molecule has 0 saturated carbocycles. The molecule has 0 amide bonds. The van der Waals surface area contributed by atoms with Crippen molar-refractivity contribution < 1.29 is 0 Å². The molecule has 2 aromatic rings. The Morgan fingerprint density at radius 3 is 3.00 bits per heavy atom. The van der Waals surface area contributed by atoms with Crippen LogP contribution in [-0.2, 0) is 26.6 Å². The van der Waals surface area contributed by atoms with Gasteiger partial charge >= 0.3 is 0 Å². The van der Waals surface area contributed by atoms with Crippen LogP contribution >= 0.6 is 0 Å². The lowest BCUT2D eigenvalue weighted by Crippen LogP contribution is -2.19. The summed E-state index contributed by atoms with van der Waals surface area (Å²) >= 11 is 0. The van der Waals surface area contributed by atoms with Gasteiger partial charge in [0.25, 0.3) is 0 Å². The maximum absolute atomic E-state index is 4.35. The molecule has 0 radical (unpaired) electrons. The first kappa shape index (κ1) is 12.8. The van der Waals surface area contributed by atoms with Gasteiger partial charge in [0.2, 0.25) is 0 Å². The average molecular weight is 247 g/mol. The topological polar surface area (TPSA) is 47.7 Å². The quantitative estimate of drug-likeness (QED) is 0.752. The molecule has 18 heavy (non-hydrogen) atoms. The van der Waals surface area contributed by atoms with Crippen molar-refractivity contribution in [2.75, 3.05) is 6.54 Å². The van der Waals surface area contributed by atoms with E-state index in [1.165, 1.54) is 5.69 Å². The van der Waals surface area contributed by atoms with Crippen LogP contribution in [0.25, 0.3) is 0 Å². The Labute approximate surface area is 108 Å². The fourth-order valence-corrected chi connectivity index (χ4v) is 1.97. The molecule has 0 aliphatic rings. The van der Waals surface area contributed by atoms with Gasteiger partial charge in [0.05, 0.1) is 17.7 Å². The molecular weight excluding hydrogens is 226 g/mol. The summed E-state index contributed by atoms with van der Waals surface area (Å²) in [7, 11) is 1.94. The molecule has 0 atom stereocenters. The van der Waals surface area contributed by atoms with E-state index in [2.05, 4.69) is 33.0 Å². The minimum atomic E-state index is 0.868. The molecule has 5 nitrogen and oxygen atoms in total. The van der Waals surface area contributed by atoms with Gasteiger partial charge in [-0.05, 0) is 12.5 Å². The normalized spacial score (nSPS) is 11.0. The van der Waals surface area contributed by atoms with Gasteiger partial charge in [-0.3, -0.25) is 4.68 Å². The molecule has 2 aromatic heterocycles. The molecule has 2 rings (SSSR count). The molecule has 2 heterocycles. The van der Waals surface area contributed by atoms with Crippen LogP contribution in [0.3, 0.4) is 0 Å². The number of nitrogens with zero attached hydrogens (tertiary/aromatic N) is 4. The number of nitrogens with one attached hydrogen (secondary N) is 1. The molecule has 0 bridgehead atoms. The minimum absolute atomic E-state index is 0.868. The van der Waals surface area contributed by atoms with Crippen molar-refractivity contribution in [3.8, 4) is 0 Å². The zero-order chi connectivity index (χ0) is 12.8. The van der Waals surface area contributed by atoms with Crippen molar-refractivity contribution in [3.63, 3.8) is 0 Å². The monoisotopic (exact) mass is 247 g/mol. The lowest BCUT2D eigenvalue weighted by Gasteiger charge is -2.07. The van der Waals surface area contributed by atoms with Crippen molar-refractivity contribution in [2.24, 2.45) is 7.05 Å². The first-order chi connectivity index (χ1) is 8.79. The Morgan fingerprint density at radius 2 is 2.28 bits per heavy atom. The number of hydrogen-bond acceptors (Lipinski definition) is 3. The summed E-state index contributed by atoms with van der Waals surface area (Å²) in [4.78, 5) is 4.19. The number of aryl methyl sites for hydroxylation is 2. The summed E-state index contributed by atoms with van der Waals surface area (Å²) < 4.78 is 4.04. The highest BCUT2D eigenvalue weighted by Crippen LogP contribution is 2.00. The molecule has 0 spiro atoms. The summed E-state index contributed by atoms with van der Waals surface area (Å²) in [5.74, 6) is 0. The SMILES string of the molecule is CCCn1cncc1CNCCc1ccn(C)n1. The van der Waals surface area contributed by atoms with Gasteiger partial charge in [-0.2, -0.15) is 5.10 Å². The van der Waals surface area contributed by atoms with Gasteiger partial charge in [-0.1, -0.05) is 6.92 Å². The molecule has 0 aliphatic heterocycles. The molecule has 5 heteroatoms. The van der Waals surface area contributed by atoms with Crippen LogP contribution in [0.5, 0.6) is 0 Å². The molecule has 98 valence electrons. The van der Waals surface area contributed by atoms with Gasteiger partial charge in [-0.25, -0.2) is 4.98 Å². The third-order valence-corrected chi connectivity index (χ3v) is 2.90.